The number of methoxy groups -OCH3 is 1. The molecule has 9 heteroatoms. The summed E-state index contributed by atoms with van der Waals surface area (Å²) in [5.74, 6) is 0.538. The maximum Gasteiger partial charge on any atom is 0.243 e. The van der Waals surface area contributed by atoms with Gasteiger partial charge in [0.25, 0.3) is 0 Å². The van der Waals surface area contributed by atoms with Crippen LogP contribution in [0.25, 0.3) is 0 Å². The second kappa shape index (κ2) is 9.87. The highest BCUT2D eigenvalue weighted by Gasteiger charge is 2.26. The summed E-state index contributed by atoms with van der Waals surface area (Å²) in [6, 6.07) is 4.85. The van der Waals surface area contributed by atoms with Gasteiger partial charge in [0.2, 0.25) is 10.0 Å². The Hall–Kier alpha value is -1.42. The Morgan fingerprint density at radius 2 is 2.00 bits per heavy atom. The zero-order valence-electron chi connectivity index (χ0n) is 16.3. The van der Waals surface area contributed by atoms with E-state index in [1.165, 1.54) is 0 Å². The molecule has 28 heavy (non-hydrogen) atoms. The standard InChI is InChI=1S/C19H29N3O4S2/c1-25-18-9-8-16(28(23,24)22-10-4-2-3-5-11-22)13-17(18)21-19(27)20-14-15-7-6-12-26-15/h8-9,13,15H,2-7,10-12,14H2,1H3,(H2,20,21,27)/t15-/m0/s1. The van der Waals surface area contributed by atoms with Crippen molar-refractivity contribution in [2.75, 3.05) is 38.7 Å². The predicted molar refractivity (Wildman–Crippen MR) is 113 cm³/mol. The molecule has 1 aromatic carbocycles. The van der Waals surface area contributed by atoms with Gasteiger partial charge in [0, 0.05) is 26.2 Å². The molecule has 2 saturated heterocycles. The van der Waals surface area contributed by atoms with Crippen molar-refractivity contribution in [3.63, 3.8) is 0 Å². The minimum Gasteiger partial charge on any atom is -0.495 e. The van der Waals surface area contributed by atoms with Crippen LogP contribution in [-0.4, -0.2) is 57.3 Å². The lowest BCUT2D eigenvalue weighted by atomic mass is 10.2. The largest absolute Gasteiger partial charge is 0.495 e. The van der Waals surface area contributed by atoms with Crippen LogP contribution >= 0.6 is 12.2 Å². The number of ether oxygens (including phenoxy) is 2. The van der Waals surface area contributed by atoms with Crippen molar-refractivity contribution in [1.82, 2.24) is 9.62 Å². The van der Waals surface area contributed by atoms with Crippen LogP contribution in [0.15, 0.2) is 23.1 Å². The molecule has 0 unspecified atom stereocenters. The minimum atomic E-state index is -3.54. The molecule has 1 atom stereocenters. The van der Waals surface area contributed by atoms with Gasteiger partial charge >= 0.3 is 0 Å². The van der Waals surface area contributed by atoms with Gasteiger partial charge in [-0.3, -0.25) is 0 Å². The van der Waals surface area contributed by atoms with Gasteiger partial charge in [-0.1, -0.05) is 12.8 Å². The van der Waals surface area contributed by atoms with Gasteiger partial charge in [-0.2, -0.15) is 4.31 Å². The first-order valence-electron chi connectivity index (χ1n) is 9.85. The van der Waals surface area contributed by atoms with Gasteiger partial charge < -0.3 is 20.1 Å². The highest BCUT2D eigenvalue weighted by molar-refractivity contribution is 7.89. The molecule has 0 spiro atoms. The molecule has 0 saturated carbocycles. The first-order valence-corrected chi connectivity index (χ1v) is 11.7. The van der Waals surface area contributed by atoms with Crippen molar-refractivity contribution in [3.8, 4) is 5.75 Å². The Labute approximate surface area is 172 Å². The molecule has 2 heterocycles. The second-order valence-corrected chi connectivity index (χ2v) is 9.50. The quantitative estimate of drug-likeness (QED) is 0.676. The van der Waals surface area contributed by atoms with Crippen LogP contribution in [-0.2, 0) is 14.8 Å². The highest BCUT2D eigenvalue weighted by Crippen LogP contribution is 2.29. The Balaban J connectivity index is 1.72. The van der Waals surface area contributed by atoms with E-state index in [4.69, 9.17) is 21.7 Å². The molecule has 2 N–H and O–H groups in total. The fraction of sp³-hybridized carbons (Fsp3) is 0.632. The normalized spacial score (nSPS) is 21.1. The van der Waals surface area contributed by atoms with Crippen molar-refractivity contribution in [2.24, 2.45) is 0 Å². The third-order valence-corrected chi connectivity index (χ3v) is 7.28. The Bertz CT molecular complexity index is 771. The maximum absolute atomic E-state index is 13.1. The number of nitrogens with zero attached hydrogens (tertiary/aromatic N) is 1. The van der Waals surface area contributed by atoms with Crippen LogP contribution in [0.4, 0.5) is 5.69 Å². The van der Waals surface area contributed by atoms with Crippen molar-refractivity contribution in [1.29, 1.82) is 0 Å². The van der Waals surface area contributed by atoms with Gasteiger partial charge in [-0.05, 0) is 56.1 Å². The molecular weight excluding hydrogens is 398 g/mol. The van der Waals surface area contributed by atoms with E-state index in [1.807, 2.05) is 0 Å². The summed E-state index contributed by atoms with van der Waals surface area (Å²) in [7, 11) is -1.99. The molecule has 0 bridgehead atoms. The monoisotopic (exact) mass is 427 g/mol. The molecule has 1 aromatic rings. The number of hydrogen-bond acceptors (Lipinski definition) is 5. The van der Waals surface area contributed by atoms with E-state index in [9.17, 15) is 8.42 Å². The van der Waals surface area contributed by atoms with Crippen molar-refractivity contribution < 1.29 is 17.9 Å². The van der Waals surface area contributed by atoms with Gasteiger partial charge in [0.05, 0.1) is 23.8 Å². The lowest BCUT2D eigenvalue weighted by Crippen LogP contribution is -2.35. The average molecular weight is 428 g/mol. The van der Waals surface area contributed by atoms with Crippen LogP contribution in [0.5, 0.6) is 5.75 Å². The number of thiocarbonyl (C=S) groups is 1. The fourth-order valence-electron chi connectivity index (χ4n) is 3.55. The van der Waals surface area contributed by atoms with E-state index >= 15 is 0 Å². The average Bonchev–Trinajstić information content (AvgIpc) is 3.05. The van der Waals surface area contributed by atoms with Crippen LogP contribution in [0, 0.1) is 0 Å². The summed E-state index contributed by atoms with van der Waals surface area (Å²) in [6.07, 6.45) is 6.20. The summed E-state index contributed by atoms with van der Waals surface area (Å²) >= 11 is 5.36. The van der Waals surface area contributed by atoms with E-state index in [0.717, 1.165) is 45.1 Å². The Morgan fingerprint density at radius 1 is 1.25 bits per heavy atom. The highest BCUT2D eigenvalue weighted by atomic mass is 32.2. The number of benzene rings is 1. The summed E-state index contributed by atoms with van der Waals surface area (Å²) < 4.78 is 38.7. The van der Waals surface area contributed by atoms with Gasteiger partial charge in [-0.15, -0.1) is 0 Å². The lowest BCUT2D eigenvalue weighted by molar-refractivity contribution is 0.114. The van der Waals surface area contributed by atoms with Crippen LogP contribution in [0.1, 0.15) is 38.5 Å². The third kappa shape index (κ3) is 5.34. The zero-order valence-corrected chi connectivity index (χ0v) is 17.9. The van der Waals surface area contributed by atoms with Gasteiger partial charge in [0.15, 0.2) is 5.11 Å². The van der Waals surface area contributed by atoms with E-state index in [-0.39, 0.29) is 11.0 Å². The SMILES string of the molecule is COc1ccc(S(=O)(=O)N2CCCCCC2)cc1NC(=S)NC[C@@H]1CCCO1. The smallest absolute Gasteiger partial charge is 0.243 e. The van der Waals surface area contributed by atoms with E-state index in [1.54, 1.807) is 29.6 Å². The molecule has 7 nitrogen and oxygen atoms in total. The van der Waals surface area contributed by atoms with Crippen LogP contribution in [0.3, 0.4) is 0 Å². The maximum atomic E-state index is 13.1. The van der Waals surface area contributed by atoms with E-state index < -0.39 is 10.0 Å². The number of rotatable bonds is 6. The molecule has 0 radical (unpaired) electrons. The molecule has 0 amide bonds. The van der Waals surface area contributed by atoms with Crippen LogP contribution in [0.2, 0.25) is 0 Å². The molecule has 2 aliphatic heterocycles. The molecule has 0 aliphatic carbocycles. The van der Waals surface area contributed by atoms with Gasteiger partial charge in [0.1, 0.15) is 5.75 Å². The minimum absolute atomic E-state index is 0.163. The summed E-state index contributed by atoms with van der Waals surface area (Å²) in [6.45, 7) is 2.55. The number of hydrogen-bond donors (Lipinski definition) is 2. The van der Waals surface area contributed by atoms with Gasteiger partial charge in [-0.25, -0.2) is 8.42 Å². The fourth-order valence-corrected chi connectivity index (χ4v) is 5.29. The first-order chi connectivity index (χ1) is 13.5. The second-order valence-electron chi connectivity index (χ2n) is 7.15. The number of nitrogens with one attached hydrogen (secondary N) is 2. The molecule has 3 rings (SSSR count). The third-order valence-electron chi connectivity index (χ3n) is 5.14. The molecule has 2 aliphatic rings. The summed E-state index contributed by atoms with van der Waals surface area (Å²) in [5, 5.41) is 6.62. The summed E-state index contributed by atoms with van der Waals surface area (Å²) in [4.78, 5) is 0.250. The molecular formula is C19H29N3O4S2. The molecule has 2 fully saturated rings. The zero-order chi connectivity index (χ0) is 20.0. The van der Waals surface area contributed by atoms with E-state index in [0.29, 0.717) is 36.2 Å². The Kier molecular flexibility index (Phi) is 7.50. The van der Waals surface area contributed by atoms with Crippen molar-refractivity contribution >= 4 is 33.0 Å². The molecule has 156 valence electrons. The van der Waals surface area contributed by atoms with E-state index in [2.05, 4.69) is 10.6 Å². The van der Waals surface area contributed by atoms with Crippen molar-refractivity contribution in [3.05, 3.63) is 18.2 Å². The molecule has 0 aromatic heterocycles. The van der Waals surface area contributed by atoms with Crippen LogP contribution < -0.4 is 15.4 Å². The summed E-state index contributed by atoms with van der Waals surface area (Å²) in [5.41, 5.74) is 0.531. The van der Waals surface area contributed by atoms with Crippen molar-refractivity contribution in [2.45, 2.75) is 49.5 Å². The topological polar surface area (TPSA) is 79.9 Å². The number of sulfonamides is 1. The predicted octanol–water partition coefficient (Wildman–Crippen LogP) is 2.73. The number of anilines is 1. The first kappa shape index (κ1) is 21.3. The lowest BCUT2D eigenvalue weighted by Gasteiger charge is -2.21. The Morgan fingerprint density at radius 3 is 2.64 bits per heavy atom.